The van der Waals surface area contributed by atoms with Gasteiger partial charge in [0.15, 0.2) is 0 Å². The van der Waals surface area contributed by atoms with Crippen LogP contribution in [0.15, 0.2) is 17.5 Å². The summed E-state index contributed by atoms with van der Waals surface area (Å²) in [4.78, 5) is 1.57. The molecule has 2 rings (SSSR count). The monoisotopic (exact) mass is 138 g/mol. The summed E-state index contributed by atoms with van der Waals surface area (Å²) in [6.45, 7) is 0. The second-order valence-corrected chi connectivity index (χ2v) is 3.76. The van der Waals surface area contributed by atoms with Gasteiger partial charge in [-0.25, -0.2) is 0 Å². The highest BCUT2D eigenvalue weighted by molar-refractivity contribution is 7.09. The van der Waals surface area contributed by atoms with Gasteiger partial charge in [0, 0.05) is 4.88 Å². The van der Waals surface area contributed by atoms with E-state index in [2.05, 4.69) is 17.5 Å². The van der Waals surface area contributed by atoms with E-state index in [1.54, 1.807) is 4.88 Å². The molecular formula is C8H10S. The predicted octanol–water partition coefficient (Wildman–Crippen LogP) is 2.70. The number of thiophene rings is 1. The maximum atomic E-state index is 2.24. The van der Waals surface area contributed by atoms with E-state index in [0.29, 0.717) is 0 Å². The first-order chi connectivity index (χ1) is 4.45. The molecule has 1 aromatic heterocycles. The van der Waals surface area contributed by atoms with Crippen LogP contribution in [0, 0.1) is 5.92 Å². The zero-order chi connectivity index (χ0) is 6.10. The Bertz CT molecular complexity index is 172. The molecule has 0 amide bonds. The highest BCUT2D eigenvalue weighted by Crippen LogP contribution is 2.33. The summed E-state index contributed by atoms with van der Waals surface area (Å²) in [6, 6.07) is 4.38. The minimum absolute atomic E-state index is 1.05. The van der Waals surface area contributed by atoms with Crippen molar-refractivity contribution in [1.29, 1.82) is 0 Å². The molecule has 0 nitrogen and oxygen atoms in total. The Morgan fingerprint density at radius 1 is 1.56 bits per heavy atom. The van der Waals surface area contributed by atoms with E-state index in [9.17, 15) is 0 Å². The van der Waals surface area contributed by atoms with Gasteiger partial charge in [0.25, 0.3) is 0 Å². The molecule has 9 heavy (non-hydrogen) atoms. The van der Waals surface area contributed by atoms with E-state index in [0.717, 1.165) is 5.92 Å². The van der Waals surface area contributed by atoms with Crippen LogP contribution in [0.1, 0.15) is 17.7 Å². The van der Waals surface area contributed by atoms with Crippen LogP contribution in [0.3, 0.4) is 0 Å². The van der Waals surface area contributed by atoms with Gasteiger partial charge in [-0.05, 0) is 36.6 Å². The van der Waals surface area contributed by atoms with Crippen LogP contribution in [-0.2, 0) is 6.42 Å². The quantitative estimate of drug-likeness (QED) is 0.589. The van der Waals surface area contributed by atoms with Crippen molar-refractivity contribution >= 4 is 11.3 Å². The summed E-state index contributed by atoms with van der Waals surface area (Å²) < 4.78 is 0. The average molecular weight is 138 g/mol. The highest BCUT2D eigenvalue weighted by atomic mass is 32.1. The highest BCUT2D eigenvalue weighted by Gasteiger charge is 2.21. The lowest BCUT2D eigenvalue weighted by Crippen LogP contribution is -1.78. The van der Waals surface area contributed by atoms with Crippen LogP contribution in [0.4, 0.5) is 0 Å². The summed E-state index contributed by atoms with van der Waals surface area (Å²) in [5, 5.41) is 2.16. The Morgan fingerprint density at radius 3 is 3.00 bits per heavy atom. The van der Waals surface area contributed by atoms with Gasteiger partial charge >= 0.3 is 0 Å². The van der Waals surface area contributed by atoms with Crippen LogP contribution in [0.5, 0.6) is 0 Å². The Hall–Kier alpha value is -0.300. The van der Waals surface area contributed by atoms with Crippen molar-refractivity contribution in [2.75, 3.05) is 0 Å². The summed E-state index contributed by atoms with van der Waals surface area (Å²) in [6.07, 6.45) is 4.29. The van der Waals surface area contributed by atoms with Crippen molar-refractivity contribution < 1.29 is 0 Å². The zero-order valence-electron chi connectivity index (χ0n) is 5.34. The van der Waals surface area contributed by atoms with Crippen molar-refractivity contribution in [2.24, 2.45) is 5.92 Å². The molecule has 0 unspecified atom stereocenters. The number of rotatable bonds is 2. The van der Waals surface area contributed by atoms with E-state index in [1.807, 2.05) is 11.3 Å². The SMILES string of the molecule is c1csc(CC2CC2)c1. The zero-order valence-corrected chi connectivity index (χ0v) is 6.16. The van der Waals surface area contributed by atoms with Crippen LogP contribution in [-0.4, -0.2) is 0 Å². The van der Waals surface area contributed by atoms with Crippen molar-refractivity contribution in [2.45, 2.75) is 19.3 Å². The second-order valence-electron chi connectivity index (χ2n) is 2.73. The molecule has 0 N–H and O–H groups in total. The van der Waals surface area contributed by atoms with Crippen LogP contribution in [0.25, 0.3) is 0 Å². The summed E-state index contributed by atoms with van der Waals surface area (Å²) >= 11 is 1.89. The maximum absolute atomic E-state index is 2.24. The molecule has 1 aliphatic rings. The molecule has 0 radical (unpaired) electrons. The molecule has 0 bridgehead atoms. The smallest absolute Gasteiger partial charge is 0.00479 e. The van der Waals surface area contributed by atoms with Crippen molar-refractivity contribution in [1.82, 2.24) is 0 Å². The fourth-order valence-electron chi connectivity index (χ4n) is 1.04. The molecule has 0 saturated heterocycles. The third-order valence-corrected chi connectivity index (χ3v) is 2.67. The van der Waals surface area contributed by atoms with E-state index >= 15 is 0 Å². The van der Waals surface area contributed by atoms with Gasteiger partial charge in [0.05, 0.1) is 0 Å². The first-order valence-electron chi connectivity index (χ1n) is 3.47. The number of hydrogen-bond acceptors (Lipinski definition) is 1. The molecule has 1 aliphatic carbocycles. The van der Waals surface area contributed by atoms with E-state index in [1.165, 1.54) is 19.3 Å². The lowest BCUT2D eigenvalue weighted by Gasteiger charge is -1.88. The lowest BCUT2D eigenvalue weighted by molar-refractivity contribution is 0.846. The van der Waals surface area contributed by atoms with Crippen LogP contribution in [0.2, 0.25) is 0 Å². The van der Waals surface area contributed by atoms with Gasteiger partial charge in [0.2, 0.25) is 0 Å². The van der Waals surface area contributed by atoms with Crippen LogP contribution >= 0.6 is 11.3 Å². The van der Waals surface area contributed by atoms with Crippen molar-refractivity contribution in [3.63, 3.8) is 0 Å². The van der Waals surface area contributed by atoms with Crippen LogP contribution < -0.4 is 0 Å². The molecule has 48 valence electrons. The van der Waals surface area contributed by atoms with E-state index in [4.69, 9.17) is 0 Å². The molecule has 0 aromatic carbocycles. The molecule has 1 heteroatoms. The topological polar surface area (TPSA) is 0 Å². The third-order valence-electron chi connectivity index (χ3n) is 1.77. The maximum Gasteiger partial charge on any atom is 0.00479 e. The summed E-state index contributed by atoms with van der Waals surface area (Å²) in [5.74, 6) is 1.05. The largest absolute Gasteiger partial charge is 0.149 e. The Balaban J connectivity index is 1.99. The summed E-state index contributed by atoms with van der Waals surface area (Å²) in [5.41, 5.74) is 0. The van der Waals surface area contributed by atoms with E-state index in [-0.39, 0.29) is 0 Å². The molecule has 0 aliphatic heterocycles. The Labute approximate surface area is 59.5 Å². The van der Waals surface area contributed by atoms with Gasteiger partial charge < -0.3 is 0 Å². The molecule has 1 fully saturated rings. The fourth-order valence-corrected chi connectivity index (χ4v) is 1.86. The summed E-state index contributed by atoms with van der Waals surface area (Å²) in [7, 11) is 0. The Kier molecular flexibility index (Phi) is 1.31. The first-order valence-corrected chi connectivity index (χ1v) is 4.35. The molecule has 0 spiro atoms. The molecular weight excluding hydrogens is 128 g/mol. The van der Waals surface area contributed by atoms with Crippen molar-refractivity contribution in [3.05, 3.63) is 22.4 Å². The average Bonchev–Trinajstić information content (AvgIpc) is 2.46. The standard InChI is InChI=1S/C8H10S/c1-2-8(9-5-1)6-7-3-4-7/h1-2,5,7H,3-4,6H2. The minimum Gasteiger partial charge on any atom is -0.149 e. The van der Waals surface area contributed by atoms with Gasteiger partial charge in [-0.3, -0.25) is 0 Å². The molecule has 1 aromatic rings. The Morgan fingerprint density at radius 2 is 2.44 bits per heavy atom. The predicted molar refractivity (Wildman–Crippen MR) is 40.7 cm³/mol. The van der Waals surface area contributed by atoms with Gasteiger partial charge in [0.1, 0.15) is 0 Å². The van der Waals surface area contributed by atoms with Crippen molar-refractivity contribution in [3.8, 4) is 0 Å². The molecule has 1 heterocycles. The molecule has 0 atom stereocenters. The number of hydrogen-bond donors (Lipinski definition) is 0. The normalized spacial score (nSPS) is 18.2. The first kappa shape index (κ1) is 5.48. The second kappa shape index (κ2) is 2.14. The van der Waals surface area contributed by atoms with E-state index < -0.39 is 0 Å². The minimum atomic E-state index is 1.05. The van der Waals surface area contributed by atoms with Gasteiger partial charge in [-0.2, -0.15) is 0 Å². The van der Waals surface area contributed by atoms with Gasteiger partial charge in [-0.15, -0.1) is 11.3 Å². The lowest BCUT2D eigenvalue weighted by atomic mass is 10.2. The molecule has 1 saturated carbocycles. The van der Waals surface area contributed by atoms with Gasteiger partial charge in [-0.1, -0.05) is 6.07 Å². The fraction of sp³-hybridized carbons (Fsp3) is 0.500. The third kappa shape index (κ3) is 1.33.